The van der Waals surface area contributed by atoms with Crippen LogP contribution >= 0.6 is 11.6 Å². The Morgan fingerprint density at radius 3 is 2.79 bits per heavy atom. The number of carbonyl (C=O) groups is 1. The van der Waals surface area contributed by atoms with Crippen LogP contribution in [0.2, 0.25) is 5.02 Å². The first-order valence-corrected chi connectivity index (χ1v) is 7.62. The molecule has 6 nitrogen and oxygen atoms in total. The lowest BCUT2D eigenvalue weighted by Crippen LogP contribution is -2.43. The molecule has 0 saturated carbocycles. The van der Waals surface area contributed by atoms with Gasteiger partial charge >= 0.3 is 0 Å². The Balaban J connectivity index is 2.12. The Labute approximate surface area is 143 Å². The van der Waals surface area contributed by atoms with Crippen LogP contribution in [0, 0.1) is 10.1 Å². The number of halogens is 1. The third-order valence-electron chi connectivity index (χ3n) is 3.83. The van der Waals surface area contributed by atoms with Gasteiger partial charge in [0.25, 0.3) is 11.6 Å². The Morgan fingerprint density at radius 1 is 1.33 bits per heavy atom. The second-order valence-corrected chi connectivity index (χ2v) is 5.71. The summed E-state index contributed by atoms with van der Waals surface area (Å²) in [6, 6.07) is 11.3. The average Bonchev–Trinajstić information content (AvgIpc) is 2.58. The topological polar surface area (TPSA) is 75.5 Å². The number of hydrogen-bond donors (Lipinski definition) is 1. The summed E-state index contributed by atoms with van der Waals surface area (Å²) in [5.41, 5.74) is 1.59. The molecule has 1 aliphatic heterocycles. The van der Waals surface area contributed by atoms with Gasteiger partial charge in [-0.15, -0.1) is 6.58 Å². The van der Waals surface area contributed by atoms with E-state index in [4.69, 9.17) is 11.6 Å². The molecular formula is C17H14ClN3O3. The van der Waals surface area contributed by atoms with E-state index >= 15 is 0 Å². The van der Waals surface area contributed by atoms with E-state index in [0.717, 1.165) is 0 Å². The molecule has 1 N–H and O–H groups in total. The summed E-state index contributed by atoms with van der Waals surface area (Å²) in [5.74, 6) is -0.183. The molecule has 1 aliphatic rings. The van der Waals surface area contributed by atoms with Crippen molar-refractivity contribution in [1.82, 2.24) is 4.90 Å². The fourth-order valence-electron chi connectivity index (χ4n) is 2.72. The summed E-state index contributed by atoms with van der Waals surface area (Å²) in [6.45, 7) is 3.96. The maximum atomic E-state index is 12.8. The SMILES string of the molecule is C=CCN1C(=O)c2ccccc2NC1c1cc([N+](=O)[O-])ccc1Cl. The average molecular weight is 344 g/mol. The molecule has 0 spiro atoms. The normalized spacial score (nSPS) is 16.3. The van der Waals surface area contributed by atoms with Crippen molar-refractivity contribution in [1.29, 1.82) is 0 Å². The molecule has 2 aromatic rings. The predicted octanol–water partition coefficient (Wildman–Crippen LogP) is 4.00. The number of nitro benzene ring substituents is 1. The van der Waals surface area contributed by atoms with Gasteiger partial charge in [-0.05, 0) is 18.2 Å². The molecule has 1 amide bonds. The van der Waals surface area contributed by atoms with E-state index in [1.807, 2.05) is 6.07 Å². The van der Waals surface area contributed by atoms with Crippen molar-refractivity contribution >= 4 is 28.9 Å². The van der Waals surface area contributed by atoms with Gasteiger partial charge in [0, 0.05) is 35.0 Å². The molecule has 1 heterocycles. The van der Waals surface area contributed by atoms with Crippen LogP contribution in [0.4, 0.5) is 11.4 Å². The minimum Gasteiger partial charge on any atom is -0.361 e. The molecule has 0 saturated heterocycles. The molecule has 2 aromatic carbocycles. The van der Waals surface area contributed by atoms with E-state index < -0.39 is 11.1 Å². The van der Waals surface area contributed by atoms with Crippen LogP contribution in [-0.2, 0) is 0 Å². The Bertz CT molecular complexity index is 838. The predicted molar refractivity (Wildman–Crippen MR) is 92.1 cm³/mol. The standard InChI is InChI=1S/C17H14ClN3O3/c1-2-9-20-16(13-10-11(21(23)24)7-8-14(13)18)19-15-6-4-3-5-12(15)17(20)22/h2-8,10,16,19H,1,9H2. The number of fused-ring (bicyclic) bond motifs is 1. The molecule has 1 atom stereocenters. The molecule has 0 aliphatic carbocycles. The number of nitro groups is 1. The third-order valence-corrected chi connectivity index (χ3v) is 4.18. The van der Waals surface area contributed by atoms with Crippen molar-refractivity contribution in [3.63, 3.8) is 0 Å². The molecule has 0 radical (unpaired) electrons. The van der Waals surface area contributed by atoms with Gasteiger partial charge in [-0.1, -0.05) is 29.8 Å². The number of non-ortho nitro benzene ring substituents is 1. The van der Waals surface area contributed by atoms with Gasteiger partial charge in [0.05, 0.1) is 10.5 Å². The van der Waals surface area contributed by atoms with Gasteiger partial charge in [-0.3, -0.25) is 14.9 Å². The van der Waals surface area contributed by atoms with Crippen molar-refractivity contribution in [3.05, 3.63) is 81.4 Å². The van der Waals surface area contributed by atoms with E-state index in [2.05, 4.69) is 11.9 Å². The second kappa shape index (κ2) is 6.33. The lowest BCUT2D eigenvalue weighted by Gasteiger charge is -2.37. The Kier molecular flexibility index (Phi) is 4.22. The highest BCUT2D eigenvalue weighted by atomic mass is 35.5. The first-order chi connectivity index (χ1) is 11.5. The van der Waals surface area contributed by atoms with Gasteiger partial charge in [0.15, 0.2) is 0 Å². The van der Waals surface area contributed by atoms with Gasteiger partial charge in [-0.25, -0.2) is 0 Å². The van der Waals surface area contributed by atoms with Gasteiger partial charge in [0.2, 0.25) is 0 Å². The Morgan fingerprint density at radius 2 is 2.08 bits per heavy atom. The van der Waals surface area contributed by atoms with E-state index in [1.165, 1.54) is 18.2 Å². The summed E-state index contributed by atoms with van der Waals surface area (Å²) in [7, 11) is 0. The smallest absolute Gasteiger partial charge is 0.269 e. The van der Waals surface area contributed by atoms with Gasteiger partial charge in [-0.2, -0.15) is 0 Å². The van der Waals surface area contributed by atoms with Crippen LogP contribution in [-0.4, -0.2) is 22.3 Å². The van der Waals surface area contributed by atoms with Crippen LogP contribution in [0.5, 0.6) is 0 Å². The molecule has 3 rings (SSSR count). The highest BCUT2D eigenvalue weighted by Gasteiger charge is 2.33. The van der Waals surface area contributed by atoms with Gasteiger partial charge in [0.1, 0.15) is 6.17 Å². The zero-order chi connectivity index (χ0) is 17.3. The first kappa shape index (κ1) is 16.0. The van der Waals surface area contributed by atoms with E-state index in [1.54, 1.807) is 29.2 Å². The molecule has 122 valence electrons. The zero-order valence-electron chi connectivity index (χ0n) is 12.6. The fraction of sp³-hybridized carbons (Fsp3) is 0.118. The number of amides is 1. The maximum absolute atomic E-state index is 12.8. The molecule has 1 unspecified atom stereocenters. The lowest BCUT2D eigenvalue weighted by molar-refractivity contribution is -0.384. The number of para-hydroxylation sites is 1. The summed E-state index contributed by atoms with van der Waals surface area (Å²) in [5, 5.41) is 14.6. The van der Waals surface area contributed by atoms with Crippen LogP contribution in [0.3, 0.4) is 0 Å². The van der Waals surface area contributed by atoms with Crippen molar-refractivity contribution in [3.8, 4) is 0 Å². The molecule has 0 fully saturated rings. The van der Waals surface area contributed by atoms with E-state index in [-0.39, 0.29) is 18.1 Å². The number of carbonyl (C=O) groups excluding carboxylic acids is 1. The van der Waals surface area contributed by atoms with Crippen molar-refractivity contribution in [2.45, 2.75) is 6.17 Å². The number of nitrogens with zero attached hydrogens (tertiary/aromatic N) is 2. The minimum absolute atomic E-state index is 0.0824. The van der Waals surface area contributed by atoms with E-state index in [0.29, 0.717) is 21.8 Å². The molecule has 24 heavy (non-hydrogen) atoms. The first-order valence-electron chi connectivity index (χ1n) is 7.24. The Hall–Kier alpha value is -2.86. The monoisotopic (exact) mass is 343 g/mol. The second-order valence-electron chi connectivity index (χ2n) is 5.30. The fourth-order valence-corrected chi connectivity index (χ4v) is 2.94. The van der Waals surface area contributed by atoms with Gasteiger partial charge < -0.3 is 10.2 Å². The van der Waals surface area contributed by atoms with Crippen molar-refractivity contribution in [2.24, 2.45) is 0 Å². The zero-order valence-corrected chi connectivity index (χ0v) is 13.4. The summed E-state index contributed by atoms with van der Waals surface area (Å²) in [6.07, 6.45) is 0.990. The van der Waals surface area contributed by atoms with Crippen molar-refractivity contribution < 1.29 is 9.72 Å². The summed E-state index contributed by atoms with van der Waals surface area (Å²) in [4.78, 5) is 24.9. The molecule has 0 aromatic heterocycles. The maximum Gasteiger partial charge on any atom is 0.269 e. The minimum atomic E-state index is -0.613. The summed E-state index contributed by atoms with van der Waals surface area (Å²) < 4.78 is 0. The highest BCUT2D eigenvalue weighted by Crippen LogP contribution is 2.37. The van der Waals surface area contributed by atoms with E-state index in [9.17, 15) is 14.9 Å². The van der Waals surface area contributed by atoms with Crippen LogP contribution in [0.25, 0.3) is 0 Å². The van der Waals surface area contributed by atoms with Crippen LogP contribution in [0.1, 0.15) is 22.1 Å². The third kappa shape index (κ3) is 2.72. The lowest BCUT2D eigenvalue weighted by atomic mass is 10.0. The number of anilines is 1. The molecular weight excluding hydrogens is 330 g/mol. The molecule has 7 heteroatoms. The largest absolute Gasteiger partial charge is 0.361 e. The quantitative estimate of drug-likeness (QED) is 0.517. The highest BCUT2D eigenvalue weighted by molar-refractivity contribution is 6.31. The van der Waals surface area contributed by atoms with Crippen LogP contribution in [0.15, 0.2) is 55.1 Å². The number of rotatable bonds is 4. The molecule has 0 bridgehead atoms. The van der Waals surface area contributed by atoms with Crippen LogP contribution < -0.4 is 5.32 Å². The van der Waals surface area contributed by atoms with Crippen molar-refractivity contribution in [2.75, 3.05) is 11.9 Å². The number of benzene rings is 2. The number of hydrogen-bond acceptors (Lipinski definition) is 4. The number of nitrogens with one attached hydrogen (secondary N) is 1. The summed E-state index contributed by atoms with van der Waals surface area (Å²) >= 11 is 6.25.